The third-order valence-electron chi connectivity index (χ3n) is 3.14. The van der Waals surface area contributed by atoms with Crippen LogP contribution in [0.1, 0.15) is 30.9 Å². The first kappa shape index (κ1) is 14.9. The number of benzene rings is 2. The lowest BCUT2D eigenvalue weighted by Gasteiger charge is -2.14. The molecule has 0 amide bonds. The van der Waals surface area contributed by atoms with Crippen LogP contribution in [0.25, 0.3) is 0 Å². The first-order valence-electron chi connectivity index (χ1n) is 6.81. The second kappa shape index (κ2) is 6.78. The van der Waals surface area contributed by atoms with Crippen LogP contribution in [0.3, 0.4) is 0 Å². The van der Waals surface area contributed by atoms with Crippen molar-refractivity contribution < 1.29 is 4.74 Å². The molecule has 0 aliphatic rings. The summed E-state index contributed by atoms with van der Waals surface area (Å²) in [6, 6.07) is 14.0. The van der Waals surface area contributed by atoms with Gasteiger partial charge in [0.1, 0.15) is 11.5 Å². The molecule has 0 heterocycles. The number of hydrogen-bond donors (Lipinski definition) is 1. The lowest BCUT2D eigenvalue weighted by Crippen LogP contribution is -2.04. The molecule has 106 valence electrons. The molecule has 0 aliphatic heterocycles. The molecule has 3 heteroatoms. The molecule has 0 aromatic heterocycles. The van der Waals surface area contributed by atoms with Crippen molar-refractivity contribution in [2.24, 2.45) is 0 Å². The molecule has 2 aromatic rings. The molecule has 0 aliphatic carbocycles. The van der Waals surface area contributed by atoms with Crippen LogP contribution in [0, 0.1) is 0 Å². The molecule has 0 saturated carbocycles. The minimum atomic E-state index is 0.411. The Bertz CT molecular complexity index is 581. The fourth-order valence-corrected chi connectivity index (χ4v) is 2.35. The molecular weight excluding hydrogens is 270 g/mol. The number of halogens is 1. The number of para-hydroxylation sites is 1. The van der Waals surface area contributed by atoms with Crippen molar-refractivity contribution in [3.8, 4) is 11.5 Å². The highest BCUT2D eigenvalue weighted by Crippen LogP contribution is 2.34. The Labute approximate surface area is 125 Å². The maximum atomic E-state index is 6.29. The van der Waals surface area contributed by atoms with Gasteiger partial charge in [-0.25, -0.2) is 0 Å². The molecule has 0 spiro atoms. The van der Waals surface area contributed by atoms with Crippen LogP contribution >= 0.6 is 11.6 Å². The third-order valence-corrected chi connectivity index (χ3v) is 3.43. The van der Waals surface area contributed by atoms with E-state index < -0.39 is 0 Å². The van der Waals surface area contributed by atoms with Crippen LogP contribution in [0.5, 0.6) is 11.5 Å². The van der Waals surface area contributed by atoms with Crippen LogP contribution in [0.2, 0.25) is 5.02 Å². The van der Waals surface area contributed by atoms with E-state index in [1.54, 1.807) is 0 Å². The normalized spacial score (nSPS) is 10.8. The van der Waals surface area contributed by atoms with Gasteiger partial charge in [-0.05, 0) is 42.3 Å². The van der Waals surface area contributed by atoms with Gasteiger partial charge in [-0.3, -0.25) is 0 Å². The zero-order chi connectivity index (χ0) is 14.5. The highest BCUT2D eigenvalue weighted by Gasteiger charge is 2.10. The van der Waals surface area contributed by atoms with Gasteiger partial charge in [-0.2, -0.15) is 0 Å². The number of rotatable bonds is 5. The zero-order valence-corrected chi connectivity index (χ0v) is 12.9. The number of hydrogen-bond acceptors (Lipinski definition) is 2. The molecule has 20 heavy (non-hydrogen) atoms. The molecular formula is C17H20ClNO. The quantitative estimate of drug-likeness (QED) is 0.838. The van der Waals surface area contributed by atoms with E-state index in [1.807, 2.05) is 43.4 Å². The maximum Gasteiger partial charge on any atom is 0.146 e. The van der Waals surface area contributed by atoms with Crippen molar-refractivity contribution in [1.29, 1.82) is 0 Å². The van der Waals surface area contributed by atoms with Gasteiger partial charge in [0.25, 0.3) is 0 Å². The van der Waals surface area contributed by atoms with E-state index in [4.69, 9.17) is 16.3 Å². The smallest absolute Gasteiger partial charge is 0.146 e. The van der Waals surface area contributed by atoms with E-state index in [0.29, 0.717) is 16.7 Å². The lowest BCUT2D eigenvalue weighted by molar-refractivity contribution is 0.473. The molecule has 1 N–H and O–H groups in total. The topological polar surface area (TPSA) is 21.3 Å². The molecule has 0 bridgehead atoms. The van der Waals surface area contributed by atoms with E-state index in [1.165, 1.54) is 5.56 Å². The Kier molecular flexibility index (Phi) is 5.05. The average Bonchev–Trinajstić information content (AvgIpc) is 2.42. The Morgan fingerprint density at radius 3 is 2.50 bits per heavy atom. The van der Waals surface area contributed by atoms with Gasteiger partial charge in [0.05, 0.1) is 5.02 Å². The second-order valence-electron chi connectivity index (χ2n) is 5.09. The summed E-state index contributed by atoms with van der Waals surface area (Å²) < 4.78 is 5.98. The van der Waals surface area contributed by atoms with Gasteiger partial charge >= 0.3 is 0 Å². The standard InChI is InChI=1S/C17H20ClNO/c1-12(2)14-6-4-5-7-16(14)20-17-9-8-13(11-19-3)10-15(17)18/h4-10,12,19H,11H2,1-3H3. The summed E-state index contributed by atoms with van der Waals surface area (Å²) in [5, 5.41) is 3.74. The van der Waals surface area contributed by atoms with Crippen molar-refractivity contribution in [2.45, 2.75) is 26.3 Å². The molecule has 2 rings (SSSR count). The molecule has 0 unspecified atom stereocenters. The Morgan fingerprint density at radius 2 is 1.85 bits per heavy atom. The average molecular weight is 290 g/mol. The second-order valence-corrected chi connectivity index (χ2v) is 5.50. The fraction of sp³-hybridized carbons (Fsp3) is 0.294. The SMILES string of the molecule is CNCc1ccc(Oc2ccccc2C(C)C)c(Cl)c1. The first-order chi connectivity index (χ1) is 9.61. The Morgan fingerprint density at radius 1 is 1.10 bits per heavy atom. The number of ether oxygens (including phenoxy) is 1. The maximum absolute atomic E-state index is 6.29. The predicted molar refractivity (Wildman–Crippen MR) is 84.8 cm³/mol. The monoisotopic (exact) mass is 289 g/mol. The summed E-state index contributed by atoms with van der Waals surface area (Å²) in [7, 11) is 1.91. The van der Waals surface area contributed by atoms with Crippen LogP contribution < -0.4 is 10.1 Å². The van der Waals surface area contributed by atoms with Crippen LogP contribution in [0.15, 0.2) is 42.5 Å². The largest absolute Gasteiger partial charge is 0.456 e. The summed E-state index contributed by atoms with van der Waals surface area (Å²) in [6.45, 7) is 5.10. The van der Waals surface area contributed by atoms with Crippen LogP contribution in [-0.2, 0) is 6.54 Å². The van der Waals surface area contributed by atoms with E-state index in [-0.39, 0.29) is 0 Å². The van der Waals surface area contributed by atoms with Gasteiger partial charge in [-0.15, -0.1) is 0 Å². The summed E-state index contributed by atoms with van der Waals surface area (Å²) in [5.74, 6) is 1.97. The first-order valence-corrected chi connectivity index (χ1v) is 7.19. The van der Waals surface area contributed by atoms with E-state index in [0.717, 1.165) is 17.9 Å². The third kappa shape index (κ3) is 3.53. The zero-order valence-electron chi connectivity index (χ0n) is 12.1. The highest BCUT2D eigenvalue weighted by atomic mass is 35.5. The molecule has 0 radical (unpaired) electrons. The summed E-state index contributed by atoms with van der Waals surface area (Å²) in [6.07, 6.45) is 0. The fourth-order valence-electron chi connectivity index (χ4n) is 2.11. The molecule has 0 fully saturated rings. The van der Waals surface area contributed by atoms with Gasteiger partial charge < -0.3 is 10.1 Å². The molecule has 2 aromatic carbocycles. The minimum absolute atomic E-state index is 0.411. The van der Waals surface area contributed by atoms with Crippen LogP contribution in [-0.4, -0.2) is 7.05 Å². The van der Waals surface area contributed by atoms with Crippen molar-refractivity contribution >= 4 is 11.6 Å². The van der Waals surface area contributed by atoms with Crippen molar-refractivity contribution in [3.63, 3.8) is 0 Å². The summed E-state index contributed by atoms with van der Waals surface area (Å²) in [5.41, 5.74) is 2.32. The Hall–Kier alpha value is -1.51. The van der Waals surface area contributed by atoms with Gasteiger partial charge in [0.2, 0.25) is 0 Å². The van der Waals surface area contributed by atoms with Crippen molar-refractivity contribution in [3.05, 3.63) is 58.6 Å². The number of nitrogens with one attached hydrogen (secondary N) is 1. The molecule has 0 saturated heterocycles. The van der Waals surface area contributed by atoms with Gasteiger partial charge in [-0.1, -0.05) is 49.7 Å². The van der Waals surface area contributed by atoms with E-state index in [9.17, 15) is 0 Å². The summed E-state index contributed by atoms with van der Waals surface area (Å²) in [4.78, 5) is 0. The van der Waals surface area contributed by atoms with Crippen molar-refractivity contribution in [2.75, 3.05) is 7.05 Å². The van der Waals surface area contributed by atoms with E-state index in [2.05, 4.69) is 25.2 Å². The van der Waals surface area contributed by atoms with Crippen molar-refractivity contribution in [1.82, 2.24) is 5.32 Å². The minimum Gasteiger partial charge on any atom is -0.456 e. The summed E-state index contributed by atoms with van der Waals surface area (Å²) >= 11 is 6.29. The predicted octanol–water partition coefficient (Wildman–Crippen LogP) is 4.98. The Balaban J connectivity index is 2.26. The van der Waals surface area contributed by atoms with Crippen LogP contribution in [0.4, 0.5) is 0 Å². The molecule has 2 nitrogen and oxygen atoms in total. The highest BCUT2D eigenvalue weighted by molar-refractivity contribution is 6.32. The van der Waals surface area contributed by atoms with Gasteiger partial charge in [0, 0.05) is 6.54 Å². The molecule has 0 atom stereocenters. The lowest BCUT2D eigenvalue weighted by atomic mass is 10.0. The van der Waals surface area contributed by atoms with E-state index >= 15 is 0 Å². The van der Waals surface area contributed by atoms with Gasteiger partial charge in [0.15, 0.2) is 0 Å².